The number of benzene rings is 2. The zero-order valence-corrected chi connectivity index (χ0v) is 18.5. The molecule has 0 N–H and O–H groups in total. The Morgan fingerprint density at radius 2 is 1.64 bits per heavy atom. The van der Waals surface area contributed by atoms with Crippen LogP contribution in [0.25, 0.3) is 17.4 Å². The molecule has 1 saturated heterocycles. The lowest BCUT2D eigenvalue weighted by atomic mass is 10.1. The number of rotatable bonds is 5. The van der Waals surface area contributed by atoms with Crippen LogP contribution in [0, 0.1) is 0 Å². The Labute approximate surface area is 194 Å². The molecule has 1 fully saturated rings. The lowest BCUT2D eigenvalue weighted by molar-refractivity contribution is -0.222. The SMILES string of the molecule is CC1(C)OC(=O)C(=Cc2ccc(-c3ccc(C(=O)OCc4ccccc4Cl)cc3)o2)C(=O)O1. The van der Waals surface area contributed by atoms with Crippen LogP contribution in [-0.2, 0) is 30.4 Å². The Hall–Kier alpha value is -3.84. The molecule has 0 bridgehead atoms. The van der Waals surface area contributed by atoms with Crippen molar-refractivity contribution >= 4 is 35.6 Å². The number of hydrogen-bond acceptors (Lipinski definition) is 7. The van der Waals surface area contributed by atoms with E-state index < -0.39 is 23.7 Å². The van der Waals surface area contributed by atoms with Crippen LogP contribution in [0.5, 0.6) is 0 Å². The Kier molecular flexibility index (Phi) is 6.07. The molecular weight excluding hydrogens is 448 g/mol. The summed E-state index contributed by atoms with van der Waals surface area (Å²) in [4.78, 5) is 36.5. The first-order valence-corrected chi connectivity index (χ1v) is 10.4. The van der Waals surface area contributed by atoms with Crippen LogP contribution in [0.15, 0.2) is 70.7 Å². The fraction of sp³-hybridized carbons (Fsp3) is 0.160. The second-order valence-corrected chi connectivity index (χ2v) is 8.09. The van der Waals surface area contributed by atoms with Gasteiger partial charge in [-0.1, -0.05) is 41.9 Å². The summed E-state index contributed by atoms with van der Waals surface area (Å²) < 4.78 is 21.2. The summed E-state index contributed by atoms with van der Waals surface area (Å²) in [5.41, 5.74) is 1.52. The van der Waals surface area contributed by atoms with Gasteiger partial charge in [-0.15, -0.1) is 0 Å². The fourth-order valence-electron chi connectivity index (χ4n) is 3.12. The molecule has 33 heavy (non-hydrogen) atoms. The van der Waals surface area contributed by atoms with Crippen molar-refractivity contribution in [1.29, 1.82) is 0 Å². The van der Waals surface area contributed by atoms with Gasteiger partial charge in [-0.3, -0.25) is 0 Å². The summed E-state index contributed by atoms with van der Waals surface area (Å²) in [6, 6.07) is 17.1. The first-order chi connectivity index (χ1) is 15.7. The van der Waals surface area contributed by atoms with Crippen LogP contribution in [0.4, 0.5) is 0 Å². The van der Waals surface area contributed by atoms with Crippen LogP contribution < -0.4 is 0 Å². The van der Waals surface area contributed by atoms with Crippen molar-refractivity contribution in [3.05, 3.63) is 88.1 Å². The van der Waals surface area contributed by atoms with E-state index in [1.165, 1.54) is 19.9 Å². The molecule has 2 heterocycles. The summed E-state index contributed by atoms with van der Waals surface area (Å²) in [6.45, 7) is 3.01. The highest BCUT2D eigenvalue weighted by molar-refractivity contribution is 6.31. The molecule has 168 valence electrons. The van der Waals surface area contributed by atoms with E-state index in [1.807, 2.05) is 6.07 Å². The largest absolute Gasteiger partial charge is 0.457 e. The molecular formula is C25H19ClO7. The zero-order chi connectivity index (χ0) is 23.6. The second-order valence-electron chi connectivity index (χ2n) is 7.68. The van der Waals surface area contributed by atoms with Crippen LogP contribution in [0.2, 0.25) is 5.02 Å². The van der Waals surface area contributed by atoms with Crippen molar-refractivity contribution in [3.8, 4) is 11.3 Å². The van der Waals surface area contributed by atoms with E-state index in [4.69, 9.17) is 30.2 Å². The van der Waals surface area contributed by atoms with Gasteiger partial charge in [0.25, 0.3) is 5.79 Å². The summed E-state index contributed by atoms with van der Waals surface area (Å²) in [6.07, 6.45) is 1.27. The number of furan rings is 1. The van der Waals surface area contributed by atoms with Crippen molar-refractivity contribution < 1.29 is 33.0 Å². The van der Waals surface area contributed by atoms with Crippen molar-refractivity contribution in [1.82, 2.24) is 0 Å². The van der Waals surface area contributed by atoms with Gasteiger partial charge in [-0.2, -0.15) is 0 Å². The topological polar surface area (TPSA) is 92.0 Å². The average Bonchev–Trinajstić information content (AvgIpc) is 3.24. The molecule has 4 rings (SSSR count). The summed E-state index contributed by atoms with van der Waals surface area (Å²) >= 11 is 6.08. The third-order valence-corrected chi connectivity index (χ3v) is 5.12. The maximum absolute atomic E-state index is 12.3. The lowest BCUT2D eigenvalue weighted by Crippen LogP contribution is -2.41. The molecule has 8 heteroatoms. The van der Waals surface area contributed by atoms with Crippen molar-refractivity contribution in [2.24, 2.45) is 0 Å². The van der Waals surface area contributed by atoms with Gasteiger partial charge in [-0.05, 0) is 30.3 Å². The van der Waals surface area contributed by atoms with Crippen LogP contribution >= 0.6 is 11.6 Å². The highest BCUT2D eigenvalue weighted by Gasteiger charge is 2.39. The molecule has 1 aliphatic heterocycles. The summed E-state index contributed by atoms with van der Waals surface area (Å²) in [5.74, 6) is -2.60. The van der Waals surface area contributed by atoms with Gasteiger partial charge in [0, 0.05) is 36.1 Å². The molecule has 1 aliphatic rings. The number of cyclic esters (lactones) is 2. The number of halogens is 1. The predicted molar refractivity (Wildman–Crippen MR) is 119 cm³/mol. The highest BCUT2D eigenvalue weighted by Crippen LogP contribution is 2.27. The van der Waals surface area contributed by atoms with Gasteiger partial charge in [0.05, 0.1) is 5.56 Å². The minimum atomic E-state index is -1.31. The van der Waals surface area contributed by atoms with E-state index in [0.717, 1.165) is 5.56 Å². The maximum atomic E-state index is 12.3. The predicted octanol–water partition coefficient (Wildman–Crippen LogP) is 5.18. The number of carbonyl (C=O) groups is 3. The minimum Gasteiger partial charge on any atom is -0.457 e. The van der Waals surface area contributed by atoms with Gasteiger partial charge in [0.15, 0.2) is 0 Å². The third-order valence-electron chi connectivity index (χ3n) is 4.75. The van der Waals surface area contributed by atoms with E-state index in [-0.39, 0.29) is 17.9 Å². The standard InChI is InChI=1S/C25H19ClO7/c1-25(2)32-23(28)19(24(29)33-25)13-18-11-12-21(31-18)15-7-9-16(10-8-15)22(27)30-14-17-5-3-4-6-20(17)26/h3-13H,14H2,1-2H3. The molecule has 0 radical (unpaired) electrons. The Bertz CT molecular complexity index is 1230. The maximum Gasteiger partial charge on any atom is 0.348 e. The van der Waals surface area contributed by atoms with Gasteiger partial charge in [-0.25, -0.2) is 14.4 Å². The summed E-state index contributed by atoms with van der Waals surface area (Å²) in [7, 11) is 0. The summed E-state index contributed by atoms with van der Waals surface area (Å²) in [5, 5.41) is 0.530. The first kappa shape index (κ1) is 22.4. The molecule has 0 aliphatic carbocycles. The molecule has 1 aromatic heterocycles. The zero-order valence-electron chi connectivity index (χ0n) is 17.8. The minimum absolute atomic E-state index is 0.0680. The van der Waals surface area contributed by atoms with Gasteiger partial charge < -0.3 is 18.6 Å². The lowest BCUT2D eigenvalue weighted by Gasteiger charge is -2.29. The van der Waals surface area contributed by atoms with E-state index in [1.54, 1.807) is 54.6 Å². The van der Waals surface area contributed by atoms with E-state index in [2.05, 4.69) is 0 Å². The van der Waals surface area contributed by atoms with E-state index in [9.17, 15) is 14.4 Å². The van der Waals surface area contributed by atoms with Gasteiger partial charge in [0.1, 0.15) is 23.7 Å². The molecule has 0 unspecified atom stereocenters. The first-order valence-electron chi connectivity index (χ1n) is 10.0. The number of hydrogen-bond donors (Lipinski definition) is 0. The van der Waals surface area contributed by atoms with Crippen molar-refractivity contribution in [2.75, 3.05) is 0 Å². The molecule has 2 aromatic carbocycles. The van der Waals surface area contributed by atoms with E-state index in [0.29, 0.717) is 21.9 Å². The van der Waals surface area contributed by atoms with E-state index >= 15 is 0 Å². The van der Waals surface area contributed by atoms with Crippen molar-refractivity contribution in [2.45, 2.75) is 26.2 Å². The van der Waals surface area contributed by atoms with Gasteiger partial charge >= 0.3 is 17.9 Å². The van der Waals surface area contributed by atoms with Crippen LogP contribution in [-0.4, -0.2) is 23.7 Å². The highest BCUT2D eigenvalue weighted by atomic mass is 35.5. The Balaban J connectivity index is 1.44. The molecule has 3 aromatic rings. The monoisotopic (exact) mass is 466 g/mol. The Morgan fingerprint density at radius 1 is 0.970 bits per heavy atom. The Morgan fingerprint density at radius 3 is 2.30 bits per heavy atom. The number of ether oxygens (including phenoxy) is 3. The third kappa shape index (κ3) is 5.15. The number of carbonyl (C=O) groups excluding carboxylic acids is 3. The molecule has 0 amide bonds. The average molecular weight is 467 g/mol. The normalized spacial score (nSPS) is 14.9. The quantitative estimate of drug-likeness (QED) is 0.290. The molecule has 0 spiro atoms. The fourth-order valence-corrected chi connectivity index (χ4v) is 3.31. The molecule has 0 saturated carbocycles. The number of esters is 3. The van der Waals surface area contributed by atoms with Crippen LogP contribution in [0.3, 0.4) is 0 Å². The molecule has 0 atom stereocenters. The smallest absolute Gasteiger partial charge is 0.348 e. The second kappa shape index (κ2) is 8.96. The van der Waals surface area contributed by atoms with Crippen molar-refractivity contribution in [3.63, 3.8) is 0 Å². The van der Waals surface area contributed by atoms with Gasteiger partial charge in [0.2, 0.25) is 0 Å². The van der Waals surface area contributed by atoms with Crippen LogP contribution in [0.1, 0.15) is 35.5 Å². The molecule has 7 nitrogen and oxygen atoms in total.